The average Bonchev–Trinajstić information content (AvgIpc) is 1.98. The summed E-state index contributed by atoms with van der Waals surface area (Å²) >= 11 is 0. The zero-order valence-electron chi connectivity index (χ0n) is 9.31. The number of hydrogen-bond donors (Lipinski definition) is 0. The highest BCUT2D eigenvalue weighted by Crippen LogP contribution is 2.53. The Morgan fingerprint density at radius 3 is 1.35 bits per heavy atom. The Morgan fingerprint density at radius 1 is 0.765 bits per heavy atom. The first-order chi connectivity index (χ1) is 7.17. The highest BCUT2D eigenvalue weighted by molar-refractivity contribution is 5.02. The molecule has 0 aliphatic heterocycles. The summed E-state index contributed by atoms with van der Waals surface area (Å²) in [6.45, 7) is 1.66. The Kier molecular flexibility index (Phi) is 4.13. The third-order valence-electron chi connectivity index (χ3n) is 2.07. The minimum Gasteiger partial charge on any atom is -0.200 e. The minimum absolute atomic E-state index is 0.521. The lowest BCUT2D eigenvalue weighted by atomic mass is 9.93. The molecule has 0 bridgehead atoms. The molecule has 0 aromatic rings. The Balaban J connectivity index is 5.39. The lowest BCUT2D eigenvalue weighted by molar-refractivity contribution is -0.364. The molecule has 0 nitrogen and oxygen atoms in total. The van der Waals surface area contributed by atoms with Crippen LogP contribution in [0.5, 0.6) is 0 Å². The zero-order valence-corrected chi connectivity index (χ0v) is 9.31. The lowest BCUT2D eigenvalue weighted by Crippen LogP contribution is -2.61. The maximum absolute atomic E-state index is 12.9. The fourth-order valence-electron chi connectivity index (χ4n) is 1.15. The molecule has 0 unspecified atom stereocenters. The van der Waals surface area contributed by atoms with Crippen LogP contribution in [0.2, 0.25) is 0 Å². The van der Waals surface area contributed by atoms with E-state index in [2.05, 4.69) is 0 Å². The molecule has 104 valence electrons. The van der Waals surface area contributed by atoms with Crippen LogP contribution in [0.1, 0.15) is 27.2 Å². The summed E-state index contributed by atoms with van der Waals surface area (Å²) in [5.41, 5.74) is 0. The van der Waals surface area contributed by atoms with Gasteiger partial charge in [-0.3, -0.25) is 0 Å². The van der Waals surface area contributed by atoms with Crippen LogP contribution in [-0.4, -0.2) is 23.7 Å². The van der Waals surface area contributed by atoms with E-state index in [9.17, 15) is 35.1 Å². The first-order valence-electron chi connectivity index (χ1n) is 4.68. The number of rotatable bonds is 5. The summed E-state index contributed by atoms with van der Waals surface area (Å²) in [6.07, 6.45) is -1.61. The highest BCUT2D eigenvalue weighted by Gasteiger charge is 2.78. The van der Waals surface area contributed by atoms with E-state index in [1.807, 2.05) is 0 Å². The molecule has 0 fully saturated rings. The van der Waals surface area contributed by atoms with E-state index in [1.165, 1.54) is 0 Å². The predicted octanol–water partition coefficient (Wildman–Crippen LogP) is 4.59. The van der Waals surface area contributed by atoms with Gasteiger partial charge in [-0.05, 0) is 5.92 Å². The number of alkyl halides is 8. The van der Waals surface area contributed by atoms with Crippen molar-refractivity contribution in [3.05, 3.63) is 0 Å². The fraction of sp³-hybridized carbons (Fsp3) is 1.00. The fourth-order valence-corrected chi connectivity index (χ4v) is 1.15. The molecule has 0 aliphatic rings. The second-order valence-electron chi connectivity index (χ2n) is 4.34. The summed E-state index contributed by atoms with van der Waals surface area (Å²) in [5, 5.41) is 0. The molecule has 0 saturated heterocycles. The van der Waals surface area contributed by atoms with Crippen molar-refractivity contribution in [1.82, 2.24) is 0 Å². The van der Waals surface area contributed by atoms with Gasteiger partial charge in [-0.15, -0.1) is 0 Å². The summed E-state index contributed by atoms with van der Waals surface area (Å²) in [4.78, 5) is 0. The van der Waals surface area contributed by atoms with Gasteiger partial charge in [0.1, 0.15) is 0 Å². The molecule has 0 atom stereocenters. The first-order valence-corrected chi connectivity index (χ1v) is 4.68. The molecule has 0 rings (SSSR count). The van der Waals surface area contributed by atoms with Gasteiger partial charge < -0.3 is 0 Å². The minimum atomic E-state index is -6.11. The van der Waals surface area contributed by atoms with Crippen molar-refractivity contribution in [2.24, 2.45) is 5.92 Å². The van der Waals surface area contributed by atoms with E-state index in [1.54, 1.807) is 0 Å². The number of halogens is 8. The van der Waals surface area contributed by atoms with Gasteiger partial charge >= 0.3 is 23.7 Å². The van der Waals surface area contributed by atoms with Crippen LogP contribution in [0.4, 0.5) is 35.1 Å². The summed E-state index contributed by atoms with van der Waals surface area (Å²) in [6, 6.07) is 0. The SMILES string of the molecule is CC(C)CC(F)(F)C(F)(F)C(F)(F)C(C)(F)F. The van der Waals surface area contributed by atoms with Gasteiger partial charge in [0.25, 0.3) is 0 Å². The topological polar surface area (TPSA) is 0 Å². The lowest BCUT2D eigenvalue weighted by Gasteiger charge is -2.36. The third-order valence-corrected chi connectivity index (χ3v) is 2.07. The second-order valence-corrected chi connectivity index (χ2v) is 4.34. The van der Waals surface area contributed by atoms with Crippen molar-refractivity contribution < 1.29 is 35.1 Å². The van der Waals surface area contributed by atoms with Crippen LogP contribution >= 0.6 is 0 Å². The molecule has 0 spiro atoms. The van der Waals surface area contributed by atoms with Crippen molar-refractivity contribution in [3.8, 4) is 0 Å². The van der Waals surface area contributed by atoms with E-state index in [-0.39, 0.29) is 0 Å². The quantitative estimate of drug-likeness (QED) is 0.642. The van der Waals surface area contributed by atoms with Crippen LogP contribution in [0, 0.1) is 5.92 Å². The Morgan fingerprint density at radius 2 is 1.12 bits per heavy atom. The van der Waals surface area contributed by atoms with Gasteiger partial charge in [-0.1, -0.05) is 13.8 Å². The molecule has 0 saturated carbocycles. The van der Waals surface area contributed by atoms with Crippen LogP contribution in [0.3, 0.4) is 0 Å². The Bertz CT molecular complexity index is 263. The Hall–Kier alpha value is -0.560. The average molecular weight is 272 g/mol. The number of hydrogen-bond acceptors (Lipinski definition) is 0. The summed E-state index contributed by atoms with van der Waals surface area (Å²) in [5.74, 6) is -23.7. The first kappa shape index (κ1) is 16.4. The van der Waals surface area contributed by atoms with Gasteiger partial charge in [0.2, 0.25) is 0 Å². The van der Waals surface area contributed by atoms with Crippen molar-refractivity contribution in [3.63, 3.8) is 0 Å². The van der Waals surface area contributed by atoms with Crippen LogP contribution in [0.15, 0.2) is 0 Å². The van der Waals surface area contributed by atoms with E-state index >= 15 is 0 Å². The maximum Gasteiger partial charge on any atom is 0.378 e. The second kappa shape index (κ2) is 4.28. The molecule has 8 heteroatoms. The van der Waals surface area contributed by atoms with Crippen LogP contribution in [0.25, 0.3) is 0 Å². The van der Waals surface area contributed by atoms with Crippen molar-refractivity contribution in [1.29, 1.82) is 0 Å². The molecule has 0 radical (unpaired) electrons. The molecule has 17 heavy (non-hydrogen) atoms. The predicted molar refractivity (Wildman–Crippen MR) is 44.9 cm³/mol. The van der Waals surface area contributed by atoms with Crippen molar-refractivity contribution in [2.75, 3.05) is 0 Å². The van der Waals surface area contributed by atoms with Crippen LogP contribution in [-0.2, 0) is 0 Å². The van der Waals surface area contributed by atoms with Gasteiger partial charge in [0, 0.05) is 13.3 Å². The maximum atomic E-state index is 12.9. The van der Waals surface area contributed by atoms with Crippen molar-refractivity contribution in [2.45, 2.75) is 50.9 Å². The summed E-state index contributed by atoms with van der Waals surface area (Å²) in [7, 11) is 0. The largest absolute Gasteiger partial charge is 0.378 e. The van der Waals surface area contributed by atoms with E-state index in [0.717, 1.165) is 13.8 Å². The summed E-state index contributed by atoms with van der Waals surface area (Å²) < 4.78 is 101. The molecular weight excluding hydrogens is 260 g/mol. The smallest absolute Gasteiger partial charge is 0.200 e. The van der Waals surface area contributed by atoms with Gasteiger partial charge in [-0.25, -0.2) is 0 Å². The molecular formula is C9H12F8. The molecule has 0 amide bonds. The third kappa shape index (κ3) is 2.82. The standard InChI is InChI=1S/C9H12F8/c1-5(2)4-7(12,13)9(16,17)8(14,15)6(3,10)11/h5H,4H2,1-3H3. The normalized spacial score (nSPS) is 15.5. The zero-order chi connectivity index (χ0) is 14.3. The van der Waals surface area contributed by atoms with E-state index < -0.39 is 43.0 Å². The molecule has 0 aromatic carbocycles. The Labute approximate surface area is 93.0 Å². The molecule has 0 N–H and O–H groups in total. The van der Waals surface area contributed by atoms with E-state index in [4.69, 9.17) is 0 Å². The monoisotopic (exact) mass is 272 g/mol. The highest BCUT2D eigenvalue weighted by atomic mass is 19.4. The molecule has 0 heterocycles. The van der Waals surface area contributed by atoms with Gasteiger partial charge in [0.15, 0.2) is 0 Å². The van der Waals surface area contributed by atoms with E-state index in [0.29, 0.717) is 0 Å². The van der Waals surface area contributed by atoms with Gasteiger partial charge in [0.05, 0.1) is 0 Å². The van der Waals surface area contributed by atoms with Crippen molar-refractivity contribution >= 4 is 0 Å². The molecule has 0 aliphatic carbocycles. The molecule has 0 aromatic heterocycles. The van der Waals surface area contributed by atoms with Gasteiger partial charge in [-0.2, -0.15) is 35.1 Å². The van der Waals surface area contributed by atoms with Crippen LogP contribution < -0.4 is 0 Å².